The van der Waals surface area contributed by atoms with Gasteiger partial charge >= 0.3 is 6.18 Å². The highest BCUT2D eigenvalue weighted by Crippen LogP contribution is 2.32. The molecule has 1 unspecified atom stereocenters. The summed E-state index contributed by atoms with van der Waals surface area (Å²) in [5.41, 5.74) is 0.892. The first-order valence-electron chi connectivity index (χ1n) is 4.72. The molecule has 0 bridgehead atoms. The summed E-state index contributed by atoms with van der Waals surface area (Å²) in [6, 6.07) is 4.76. The molecule has 0 saturated heterocycles. The number of halogens is 3. The summed E-state index contributed by atoms with van der Waals surface area (Å²) in [6.07, 6.45) is -6.24. The van der Waals surface area contributed by atoms with Crippen LogP contribution in [0.5, 0.6) is 11.5 Å². The summed E-state index contributed by atoms with van der Waals surface area (Å²) in [7, 11) is 1.39. The van der Waals surface area contributed by atoms with Crippen LogP contribution in [0.4, 0.5) is 13.2 Å². The van der Waals surface area contributed by atoms with E-state index in [2.05, 4.69) is 0 Å². The van der Waals surface area contributed by atoms with E-state index in [0.29, 0.717) is 5.75 Å². The normalized spacial score (nSPS) is 13.4. The molecule has 0 heterocycles. The molecule has 1 atom stereocenters. The lowest BCUT2D eigenvalue weighted by Gasteiger charge is -2.19. The van der Waals surface area contributed by atoms with Crippen molar-refractivity contribution >= 4 is 0 Å². The molecule has 5 heteroatoms. The number of rotatable bonds is 3. The Morgan fingerprint density at radius 1 is 1.19 bits per heavy atom. The third-order valence-electron chi connectivity index (χ3n) is 2.08. The minimum absolute atomic E-state index is 0.0953. The van der Waals surface area contributed by atoms with Gasteiger partial charge < -0.3 is 9.47 Å². The summed E-state index contributed by atoms with van der Waals surface area (Å²) in [5.74, 6) is 0.397. The van der Waals surface area contributed by atoms with Crippen molar-refractivity contribution in [2.24, 2.45) is 0 Å². The molecule has 1 aromatic carbocycles. The van der Waals surface area contributed by atoms with Crippen molar-refractivity contribution in [1.82, 2.24) is 0 Å². The highest BCUT2D eigenvalue weighted by Gasteiger charge is 2.38. The lowest BCUT2D eigenvalue weighted by atomic mass is 10.2. The Hall–Kier alpha value is -1.39. The maximum Gasteiger partial charge on any atom is 0.425 e. The minimum atomic E-state index is -4.38. The zero-order valence-corrected chi connectivity index (χ0v) is 9.26. The molecule has 0 fully saturated rings. The summed E-state index contributed by atoms with van der Waals surface area (Å²) in [5, 5.41) is 0. The van der Waals surface area contributed by atoms with E-state index in [1.54, 1.807) is 12.1 Å². The number of hydrogen-bond acceptors (Lipinski definition) is 2. The third kappa shape index (κ3) is 3.05. The molecule has 0 saturated carbocycles. The Kier molecular flexibility index (Phi) is 3.67. The van der Waals surface area contributed by atoms with Crippen molar-refractivity contribution in [1.29, 1.82) is 0 Å². The lowest BCUT2D eigenvalue weighted by molar-refractivity contribution is -0.189. The fourth-order valence-electron chi connectivity index (χ4n) is 1.13. The van der Waals surface area contributed by atoms with Crippen LogP contribution in [-0.2, 0) is 0 Å². The third-order valence-corrected chi connectivity index (χ3v) is 2.08. The van der Waals surface area contributed by atoms with E-state index in [0.717, 1.165) is 12.5 Å². The molecular formula is C11H13F3O2. The maximum atomic E-state index is 12.3. The van der Waals surface area contributed by atoms with Gasteiger partial charge in [-0.15, -0.1) is 0 Å². The van der Waals surface area contributed by atoms with Gasteiger partial charge in [-0.2, -0.15) is 13.2 Å². The molecule has 0 radical (unpaired) electrons. The lowest BCUT2D eigenvalue weighted by Crippen LogP contribution is -2.31. The first-order valence-corrected chi connectivity index (χ1v) is 4.72. The molecule has 1 rings (SSSR count). The van der Waals surface area contributed by atoms with Crippen LogP contribution in [0.2, 0.25) is 0 Å². The summed E-state index contributed by atoms with van der Waals surface area (Å²) in [4.78, 5) is 0. The number of methoxy groups -OCH3 is 1. The van der Waals surface area contributed by atoms with Crippen LogP contribution in [0.15, 0.2) is 18.2 Å². The van der Waals surface area contributed by atoms with Crippen molar-refractivity contribution < 1.29 is 22.6 Å². The van der Waals surface area contributed by atoms with Gasteiger partial charge in [0.1, 0.15) is 0 Å². The second-order valence-corrected chi connectivity index (χ2v) is 3.46. The maximum absolute atomic E-state index is 12.3. The van der Waals surface area contributed by atoms with Crippen LogP contribution in [0.25, 0.3) is 0 Å². The minimum Gasteiger partial charge on any atom is -0.493 e. The predicted molar refractivity (Wildman–Crippen MR) is 53.9 cm³/mol. The van der Waals surface area contributed by atoms with Gasteiger partial charge in [0.05, 0.1) is 7.11 Å². The van der Waals surface area contributed by atoms with Gasteiger partial charge in [0.15, 0.2) is 17.6 Å². The number of benzene rings is 1. The largest absolute Gasteiger partial charge is 0.493 e. The monoisotopic (exact) mass is 234 g/mol. The molecule has 0 spiro atoms. The Labute approximate surface area is 92.0 Å². The van der Waals surface area contributed by atoms with Gasteiger partial charge in [0, 0.05) is 0 Å². The van der Waals surface area contributed by atoms with Crippen molar-refractivity contribution in [3.05, 3.63) is 23.8 Å². The summed E-state index contributed by atoms with van der Waals surface area (Å²) < 4.78 is 46.6. The SMILES string of the molecule is COc1cc(C)ccc1OC(C)C(F)(F)F. The Balaban J connectivity index is 2.89. The van der Waals surface area contributed by atoms with Crippen LogP contribution in [0, 0.1) is 6.92 Å². The number of hydrogen-bond donors (Lipinski definition) is 0. The van der Waals surface area contributed by atoms with Crippen LogP contribution >= 0.6 is 0 Å². The predicted octanol–water partition coefficient (Wildman–Crippen LogP) is 3.33. The quantitative estimate of drug-likeness (QED) is 0.798. The molecule has 0 N–H and O–H groups in total. The van der Waals surface area contributed by atoms with Crippen LogP contribution in [0.3, 0.4) is 0 Å². The number of ether oxygens (including phenoxy) is 2. The molecule has 0 aliphatic carbocycles. The highest BCUT2D eigenvalue weighted by molar-refractivity contribution is 5.42. The van der Waals surface area contributed by atoms with Crippen molar-refractivity contribution in [3.8, 4) is 11.5 Å². The fourth-order valence-corrected chi connectivity index (χ4v) is 1.13. The molecule has 0 aliphatic rings. The first-order chi connectivity index (χ1) is 7.34. The van der Waals surface area contributed by atoms with Crippen LogP contribution < -0.4 is 9.47 Å². The summed E-state index contributed by atoms with van der Waals surface area (Å²) >= 11 is 0. The zero-order valence-electron chi connectivity index (χ0n) is 9.26. The van der Waals surface area contributed by atoms with Gasteiger partial charge in [0.2, 0.25) is 0 Å². The average molecular weight is 234 g/mol. The smallest absolute Gasteiger partial charge is 0.425 e. The Morgan fingerprint density at radius 2 is 1.81 bits per heavy atom. The van der Waals surface area contributed by atoms with Gasteiger partial charge in [0.25, 0.3) is 0 Å². The van der Waals surface area contributed by atoms with E-state index in [9.17, 15) is 13.2 Å². The molecule has 0 amide bonds. The van der Waals surface area contributed by atoms with Crippen molar-refractivity contribution in [2.75, 3.05) is 7.11 Å². The second kappa shape index (κ2) is 4.63. The second-order valence-electron chi connectivity index (χ2n) is 3.46. The molecule has 2 nitrogen and oxygen atoms in total. The zero-order chi connectivity index (χ0) is 12.3. The number of alkyl halides is 3. The van der Waals surface area contributed by atoms with E-state index in [1.807, 2.05) is 6.92 Å². The van der Waals surface area contributed by atoms with Crippen molar-refractivity contribution in [2.45, 2.75) is 26.1 Å². The number of aryl methyl sites for hydroxylation is 1. The van der Waals surface area contributed by atoms with E-state index < -0.39 is 12.3 Å². The van der Waals surface area contributed by atoms with Gasteiger partial charge in [-0.3, -0.25) is 0 Å². The van der Waals surface area contributed by atoms with E-state index in [1.165, 1.54) is 13.2 Å². The average Bonchev–Trinajstić information content (AvgIpc) is 2.19. The Morgan fingerprint density at radius 3 is 2.31 bits per heavy atom. The standard InChI is InChI=1S/C11H13F3O2/c1-7-4-5-9(10(6-7)15-3)16-8(2)11(12,13)14/h4-6,8H,1-3H3. The van der Waals surface area contributed by atoms with E-state index in [4.69, 9.17) is 9.47 Å². The fraction of sp³-hybridized carbons (Fsp3) is 0.455. The van der Waals surface area contributed by atoms with E-state index >= 15 is 0 Å². The van der Waals surface area contributed by atoms with Gasteiger partial charge in [-0.1, -0.05) is 6.07 Å². The summed E-state index contributed by atoms with van der Waals surface area (Å²) in [6.45, 7) is 2.78. The van der Waals surface area contributed by atoms with Gasteiger partial charge in [-0.05, 0) is 31.5 Å². The molecule has 16 heavy (non-hydrogen) atoms. The van der Waals surface area contributed by atoms with E-state index in [-0.39, 0.29) is 5.75 Å². The molecular weight excluding hydrogens is 221 g/mol. The highest BCUT2D eigenvalue weighted by atomic mass is 19.4. The molecule has 90 valence electrons. The topological polar surface area (TPSA) is 18.5 Å². The molecule has 0 aromatic heterocycles. The molecule has 0 aliphatic heterocycles. The van der Waals surface area contributed by atoms with Crippen LogP contribution in [-0.4, -0.2) is 19.4 Å². The first kappa shape index (κ1) is 12.7. The van der Waals surface area contributed by atoms with Gasteiger partial charge in [-0.25, -0.2) is 0 Å². The Bertz CT molecular complexity index is 361. The molecule has 1 aromatic rings. The van der Waals surface area contributed by atoms with Crippen LogP contribution in [0.1, 0.15) is 12.5 Å². The van der Waals surface area contributed by atoms with Crippen molar-refractivity contribution in [3.63, 3.8) is 0 Å².